The van der Waals surface area contributed by atoms with Gasteiger partial charge in [-0.3, -0.25) is 9.59 Å². The maximum absolute atomic E-state index is 13.2. The lowest BCUT2D eigenvalue weighted by Gasteiger charge is -2.26. The van der Waals surface area contributed by atoms with Gasteiger partial charge in [-0.05, 0) is 38.1 Å². The lowest BCUT2D eigenvalue weighted by molar-refractivity contribution is -0.116. The number of aryl methyl sites for hydroxylation is 1. The van der Waals surface area contributed by atoms with Crippen molar-refractivity contribution in [2.75, 3.05) is 38.1 Å². The highest BCUT2D eigenvalue weighted by Gasteiger charge is 2.24. The van der Waals surface area contributed by atoms with Crippen molar-refractivity contribution in [3.05, 3.63) is 47.3 Å². The van der Waals surface area contributed by atoms with E-state index in [0.29, 0.717) is 25.3 Å². The number of hydrogen-bond donors (Lipinski definition) is 0. The summed E-state index contributed by atoms with van der Waals surface area (Å²) in [5, 5.41) is 4.00. The van der Waals surface area contributed by atoms with Gasteiger partial charge in [0.2, 0.25) is 5.91 Å². The molecule has 0 saturated heterocycles. The molecule has 0 spiro atoms. The first-order valence-corrected chi connectivity index (χ1v) is 10.3. The number of anilines is 1. The van der Waals surface area contributed by atoms with Crippen LogP contribution in [0.25, 0.3) is 0 Å². The number of rotatable bonds is 3. The predicted molar refractivity (Wildman–Crippen MR) is 112 cm³/mol. The van der Waals surface area contributed by atoms with Gasteiger partial charge in [0.1, 0.15) is 5.76 Å². The van der Waals surface area contributed by atoms with E-state index in [1.54, 1.807) is 17.9 Å². The molecule has 1 aliphatic heterocycles. The number of likely N-dealkylation sites (N-methyl/N-ethyl adjacent to an activating group) is 1. The number of nitrogens with zero attached hydrogens (tertiary/aromatic N) is 4. The van der Waals surface area contributed by atoms with Crippen LogP contribution in [0.4, 0.5) is 5.69 Å². The Labute approximate surface area is 172 Å². The lowest BCUT2D eigenvalue weighted by Crippen LogP contribution is -2.37. The van der Waals surface area contributed by atoms with Crippen LogP contribution in [-0.2, 0) is 17.8 Å². The second-order valence-electron chi connectivity index (χ2n) is 7.61. The van der Waals surface area contributed by atoms with Crippen molar-refractivity contribution in [1.82, 2.24) is 15.0 Å². The first kappa shape index (κ1) is 21.0. The molecule has 29 heavy (non-hydrogen) atoms. The molecule has 156 valence electrons. The fourth-order valence-electron chi connectivity index (χ4n) is 3.66. The summed E-state index contributed by atoms with van der Waals surface area (Å²) in [6.07, 6.45) is 2.58. The minimum Gasteiger partial charge on any atom is -0.361 e. The SMILES string of the molecule is CCCc1cc(C(=O)N2CCN(C)CCCN(C(C)=O)c3ccccc3C2)no1. The molecule has 0 fully saturated rings. The Kier molecular flexibility index (Phi) is 7.04. The standard InChI is InChI=1S/C22H30N4O3/c1-4-8-19-15-20(23-29-19)22(28)25-14-13-24(3)11-7-12-26(17(2)27)21-10-6-5-9-18(21)16-25/h5-6,9-10,15H,4,7-8,11-14,16H2,1-3H3. The molecule has 7 nitrogen and oxygen atoms in total. The third kappa shape index (κ3) is 5.23. The van der Waals surface area contributed by atoms with Gasteiger partial charge in [0.25, 0.3) is 5.91 Å². The van der Waals surface area contributed by atoms with E-state index < -0.39 is 0 Å². The number of carbonyl (C=O) groups is 2. The number of fused-ring (bicyclic) bond motifs is 1. The number of aromatic nitrogens is 1. The quantitative estimate of drug-likeness (QED) is 0.795. The Hall–Kier alpha value is -2.67. The molecule has 0 bridgehead atoms. The summed E-state index contributed by atoms with van der Waals surface area (Å²) < 4.78 is 5.32. The molecular formula is C22H30N4O3. The Morgan fingerprint density at radius 2 is 1.93 bits per heavy atom. The van der Waals surface area contributed by atoms with Gasteiger partial charge >= 0.3 is 0 Å². The van der Waals surface area contributed by atoms with Crippen LogP contribution in [0.3, 0.4) is 0 Å². The van der Waals surface area contributed by atoms with Crippen LogP contribution in [0.1, 0.15) is 48.5 Å². The maximum atomic E-state index is 13.2. The van der Waals surface area contributed by atoms with Crippen molar-refractivity contribution >= 4 is 17.5 Å². The number of amides is 2. The molecule has 1 aliphatic rings. The monoisotopic (exact) mass is 398 g/mol. The predicted octanol–water partition coefficient (Wildman–Crippen LogP) is 2.96. The lowest BCUT2D eigenvalue weighted by atomic mass is 10.1. The van der Waals surface area contributed by atoms with Crippen molar-refractivity contribution in [3.8, 4) is 0 Å². The van der Waals surface area contributed by atoms with E-state index in [-0.39, 0.29) is 11.8 Å². The normalized spacial score (nSPS) is 16.2. The van der Waals surface area contributed by atoms with Crippen molar-refractivity contribution < 1.29 is 14.1 Å². The molecule has 0 unspecified atom stereocenters. The zero-order chi connectivity index (χ0) is 20.8. The first-order chi connectivity index (χ1) is 14.0. The van der Waals surface area contributed by atoms with Gasteiger partial charge in [-0.1, -0.05) is 30.3 Å². The molecule has 1 aromatic carbocycles. The highest BCUT2D eigenvalue weighted by Crippen LogP contribution is 2.24. The summed E-state index contributed by atoms with van der Waals surface area (Å²) in [6.45, 7) is 6.93. The molecule has 2 heterocycles. The average molecular weight is 399 g/mol. The third-order valence-electron chi connectivity index (χ3n) is 5.26. The van der Waals surface area contributed by atoms with Gasteiger partial charge < -0.3 is 19.2 Å². The molecule has 0 radical (unpaired) electrons. The van der Waals surface area contributed by atoms with Gasteiger partial charge in [-0.25, -0.2) is 0 Å². The third-order valence-corrected chi connectivity index (χ3v) is 5.26. The highest BCUT2D eigenvalue weighted by atomic mass is 16.5. The Balaban J connectivity index is 1.92. The molecule has 0 atom stereocenters. The van der Waals surface area contributed by atoms with E-state index in [2.05, 4.69) is 17.0 Å². The zero-order valence-corrected chi connectivity index (χ0v) is 17.6. The molecule has 1 aromatic heterocycles. The first-order valence-electron chi connectivity index (χ1n) is 10.3. The van der Waals surface area contributed by atoms with Crippen molar-refractivity contribution in [3.63, 3.8) is 0 Å². The number of para-hydroxylation sites is 1. The number of carbonyl (C=O) groups excluding carboxylic acids is 2. The van der Waals surface area contributed by atoms with Gasteiger partial charge in [0, 0.05) is 51.3 Å². The molecule has 7 heteroatoms. The van der Waals surface area contributed by atoms with E-state index in [9.17, 15) is 9.59 Å². The molecule has 0 aliphatic carbocycles. The van der Waals surface area contributed by atoms with Crippen LogP contribution in [-0.4, -0.2) is 60.0 Å². The molecular weight excluding hydrogens is 368 g/mol. The summed E-state index contributed by atoms with van der Waals surface area (Å²) >= 11 is 0. The molecule has 2 aromatic rings. The Bertz CT molecular complexity index is 848. The van der Waals surface area contributed by atoms with Crippen LogP contribution in [0.15, 0.2) is 34.9 Å². The fraction of sp³-hybridized carbons (Fsp3) is 0.500. The number of hydrogen-bond acceptors (Lipinski definition) is 5. The van der Waals surface area contributed by atoms with Crippen LogP contribution in [0, 0.1) is 0 Å². The van der Waals surface area contributed by atoms with Gasteiger partial charge in [-0.2, -0.15) is 0 Å². The van der Waals surface area contributed by atoms with Crippen molar-refractivity contribution in [1.29, 1.82) is 0 Å². The molecule has 3 rings (SSSR count). The fourth-order valence-corrected chi connectivity index (χ4v) is 3.66. The van der Waals surface area contributed by atoms with E-state index >= 15 is 0 Å². The average Bonchev–Trinajstić information content (AvgIpc) is 3.15. The summed E-state index contributed by atoms with van der Waals surface area (Å²) in [5.74, 6) is 0.597. The maximum Gasteiger partial charge on any atom is 0.276 e. The highest BCUT2D eigenvalue weighted by molar-refractivity contribution is 5.93. The smallest absolute Gasteiger partial charge is 0.276 e. The van der Waals surface area contributed by atoms with Crippen LogP contribution >= 0.6 is 0 Å². The van der Waals surface area contributed by atoms with Gasteiger partial charge in [0.15, 0.2) is 5.69 Å². The van der Waals surface area contributed by atoms with E-state index in [4.69, 9.17) is 4.52 Å². The molecule has 0 N–H and O–H groups in total. The van der Waals surface area contributed by atoms with E-state index in [1.165, 1.54) is 0 Å². The van der Waals surface area contributed by atoms with Crippen LogP contribution in [0.2, 0.25) is 0 Å². The second-order valence-corrected chi connectivity index (χ2v) is 7.61. The largest absolute Gasteiger partial charge is 0.361 e. The van der Waals surface area contributed by atoms with Gasteiger partial charge in [-0.15, -0.1) is 0 Å². The zero-order valence-electron chi connectivity index (χ0n) is 17.6. The summed E-state index contributed by atoms with van der Waals surface area (Å²) in [6, 6.07) is 9.56. The minimum absolute atomic E-state index is 0.0120. The van der Waals surface area contributed by atoms with Crippen molar-refractivity contribution in [2.24, 2.45) is 0 Å². The van der Waals surface area contributed by atoms with Crippen LogP contribution in [0.5, 0.6) is 0 Å². The van der Waals surface area contributed by atoms with Gasteiger partial charge in [0.05, 0.1) is 0 Å². The van der Waals surface area contributed by atoms with Crippen molar-refractivity contribution in [2.45, 2.75) is 39.7 Å². The summed E-state index contributed by atoms with van der Waals surface area (Å²) in [7, 11) is 2.04. The Morgan fingerprint density at radius 1 is 1.14 bits per heavy atom. The summed E-state index contributed by atoms with van der Waals surface area (Å²) in [4.78, 5) is 31.3. The Morgan fingerprint density at radius 3 is 2.69 bits per heavy atom. The second kappa shape index (κ2) is 9.69. The minimum atomic E-state index is -0.145. The van der Waals surface area contributed by atoms with E-state index in [1.807, 2.05) is 36.2 Å². The van der Waals surface area contributed by atoms with Crippen LogP contribution < -0.4 is 4.90 Å². The van der Waals surface area contributed by atoms with E-state index in [0.717, 1.165) is 49.4 Å². The topological polar surface area (TPSA) is 69.9 Å². The summed E-state index contributed by atoms with van der Waals surface area (Å²) in [5.41, 5.74) is 2.17. The molecule has 2 amide bonds. The molecule has 0 saturated carbocycles. The number of benzene rings is 1.